The molecule has 0 saturated carbocycles. The largest absolute Gasteiger partial charge is 0.351 e. The van der Waals surface area contributed by atoms with Crippen LogP contribution in [0.2, 0.25) is 0 Å². The molecule has 100 valence electrons. The van der Waals surface area contributed by atoms with Crippen LogP contribution >= 0.6 is 11.6 Å². The predicted molar refractivity (Wildman–Crippen MR) is 73.2 cm³/mol. The first-order valence-corrected chi connectivity index (χ1v) is 6.46. The third-order valence-corrected chi connectivity index (χ3v) is 3.45. The topological polar surface area (TPSA) is 55.1 Å². The Morgan fingerprint density at radius 1 is 1.42 bits per heavy atom. The van der Waals surface area contributed by atoms with Gasteiger partial charge in [-0.2, -0.15) is 0 Å². The van der Waals surface area contributed by atoms with E-state index in [2.05, 4.69) is 10.5 Å². The van der Waals surface area contributed by atoms with Gasteiger partial charge < -0.3 is 9.84 Å². The van der Waals surface area contributed by atoms with Crippen LogP contribution in [0.3, 0.4) is 0 Å². The Hall–Kier alpha value is -1.81. The number of rotatable bonds is 4. The minimum atomic E-state index is -0.652. The fourth-order valence-electron chi connectivity index (χ4n) is 1.77. The van der Waals surface area contributed by atoms with E-state index in [0.29, 0.717) is 5.69 Å². The number of hydrogen-bond acceptors (Lipinski definition) is 3. The van der Waals surface area contributed by atoms with E-state index in [1.165, 1.54) is 0 Å². The Labute approximate surface area is 116 Å². The number of amides is 1. The summed E-state index contributed by atoms with van der Waals surface area (Å²) in [6.45, 7) is 3.63. The van der Waals surface area contributed by atoms with E-state index in [1.54, 1.807) is 13.0 Å². The van der Waals surface area contributed by atoms with Crippen LogP contribution < -0.4 is 5.32 Å². The van der Waals surface area contributed by atoms with Crippen molar-refractivity contribution in [2.45, 2.75) is 19.4 Å². The molecule has 1 aromatic carbocycles. The summed E-state index contributed by atoms with van der Waals surface area (Å²) in [7, 11) is 0. The number of carbonyl (C=O) groups excluding carboxylic acids is 1. The summed E-state index contributed by atoms with van der Waals surface area (Å²) in [5.74, 6) is 0.118. The lowest BCUT2D eigenvalue weighted by atomic mass is 9.94. The van der Waals surface area contributed by atoms with Crippen molar-refractivity contribution >= 4 is 17.5 Å². The number of carbonyl (C=O) groups is 1. The Morgan fingerprint density at radius 3 is 2.63 bits per heavy atom. The third kappa shape index (κ3) is 2.96. The second kappa shape index (κ2) is 5.45. The lowest BCUT2D eigenvalue weighted by Gasteiger charge is -2.28. The second-order valence-corrected chi connectivity index (χ2v) is 4.89. The van der Waals surface area contributed by atoms with Crippen molar-refractivity contribution in [3.63, 3.8) is 0 Å². The maximum Gasteiger partial charge on any atom is 0.290 e. The lowest BCUT2D eigenvalue weighted by molar-refractivity contribution is 0.0875. The van der Waals surface area contributed by atoms with Gasteiger partial charge in [0.2, 0.25) is 5.76 Å². The fraction of sp³-hybridized carbons (Fsp3) is 0.286. The number of alkyl halides is 1. The number of nitrogens with one attached hydrogen (secondary N) is 1. The van der Waals surface area contributed by atoms with Crippen molar-refractivity contribution in [3.05, 3.63) is 53.4 Å². The van der Waals surface area contributed by atoms with E-state index in [0.717, 1.165) is 5.56 Å². The van der Waals surface area contributed by atoms with Gasteiger partial charge in [-0.05, 0) is 19.4 Å². The zero-order valence-electron chi connectivity index (χ0n) is 10.8. The Balaban J connectivity index is 2.22. The summed E-state index contributed by atoms with van der Waals surface area (Å²) in [6.07, 6.45) is 0. The summed E-state index contributed by atoms with van der Waals surface area (Å²) in [5.41, 5.74) is 0.952. The first-order chi connectivity index (χ1) is 9.05. The van der Waals surface area contributed by atoms with Crippen LogP contribution in [0.15, 0.2) is 40.9 Å². The average Bonchev–Trinajstić information content (AvgIpc) is 2.86. The van der Waals surface area contributed by atoms with Crippen molar-refractivity contribution in [1.82, 2.24) is 10.5 Å². The van der Waals surface area contributed by atoms with Crippen LogP contribution in [-0.4, -0.2) is 16.9 Å². The molecule has 1 heterocycles. The molecular weight excluding hydrogens is 264 g/mol. The van der Waals surface area contributed by atoms with Gasteiger partial charge in [0, 0.05) is 11.9 Å². The lowest BCUT2D eigenvalue weighted by Crippen LogP contribution is -2.44. The van der Waals surface area contributed by atoms with Gasteiger partial charge in [-0.3, -0.25) is 4.79 Å². The smallest absolute Gasteiger partial charge is 0.290 e. The van der Waals surface area contributed by atoms with Gasteiger partial charge in [-0.1, -0.05) is 35.5 Å². The average molecular weight is 279 g/mol. The number of benzene rings is 1. The maximum absolute atomic E-state index is 12.1. The van der Waals surface area contributed by atoms with Crippen molar-refractivity contribution in [3.8, 4) is 0 Å². The molecule has 2 aromatic rings. The molecule has 0 aliphatic heterocycles. The van der Waals surface area contributed by atoms with Crippen molar-refractivity contribution in [1.29, 1.82) is 0 Å². The van der Waals surface area contributed by atoms with Crippen molar-refractivity contribution in [2.24, 2.45) is 0 Å². The first kappa shape index (κ1) is 13.6. The van der Waals surface area contributed by atoms with Gasteiger partial charge in [0.1, 0.15) is 0 Å². The molecule has 1 atom stereocenters. The second-order valence-electron chi connectivity index (χ2n) is 4.62. The molecule has 19 heavy (non-hydrogen) atoms. The van der Waals surface area contributed by atoms with Crippen LogP contribution in [0.5, 0.6) is 0 Å². The number of aryl methyl sites for hydroxylation is 1. The molecule has 1 aromatic heterocycles. The number of aromatic nitrogens is 1. The highest BCUT2D eigenvalue weighted by atomic mass is 35.5. The van der Waals surface area contributed by atoms with Gasteiger partial charge >= 0.3 is 0 Å². The van der Waals surface area contributed by atoms with Crippen LogP contribution in [0.1, 0.15) is 28.7 Å². The van der Waals surface area contributed by atoms with E-state index in [9.17, 15) is 4.79 Å². The Bertz CT molecular complexity index is 568. The molecule has 2 rings (SSSR count). The number of hydrogen-bond donors (Lipinski definition) is 1. The normalized spacial score (nSPS) is 13.8. The zero-order valence-corrected chi connectivity index (χ0v) is 11.6. The predicted octanol–water partition coefficient (Wildman–Crippen LogP) is 2.87. The zero-order chi connectivity index (χ0) is 13.9. The van der Waals surface area contributed by atoms with Gasteiger partial charge in [0.05, 0.1) is 11.2 Å². The highest BCUT2D eigenvalue weighted by Gasteiger charge is 2.29. The Morgan fingerprint density at radius 2 is 2.11 bits per heavy atom. The highest BCUT2D eigenvalue weighted by molar-refractivity contribution is 6.18. The molecule has 0 aliphatic carbocycles. The molecule has 0 radical (unpaired) electrons. The van der Waals surface area contributed by atoms with Gasteiger partial charge in [0.25, 0.3) is 5.91 Å². The molecule has 0 fully saturated rings. The van der Waals surface area contributed by atoms with E-state index >= 15 is 0 Å². The van der Waals surface area contributed by atoms with Crippen LogP contribution in [-0.2, 0) is 5.54 Å². The molecule has 0 bridgehead atoms. The van der Waals surface area contributed by atoms with Crippen molar-refractivity contribution in [2.75, 3.05) is 5.88 Å². The SMILES string of the molecule is Cc1cc(C(=O)NC(C)(CCl)c2ccccc2)on1. The maximum atomic E-state index is 12.1. The molecular formula is C14H15ClN2O2. The van der Waals surface area contributed by atoms with Crippen LogP contribution in [0.25, 0.3) is 0 Å². The van der Waals surface area contributed by atoms with E-state index in [-0.39, 0.29) is 17.5 Å². The molecule has 1 N–H and O–H groups in total. The fourth-order valence-corrected chi connectivity index (χ4v) is 1.99. The van der Waals surface area contributed by atoms with Gasteiger partial charge in [-0.25, -0.2) is 0 Å². The highest BCUT2D eigenvalue weighted by Crippen LogP contribution is 2.22. The third-order valence-electron chi connectivity index (χ3n) is 2.92. The molecule has 4 nitrogen and oxygen atoms in total. The minimum absolute atomic E-state index is 0.185. The summed E-state index contributed by atoms with van der Waals surface area (Å²) in [6, 6.07) is 11.2. The first-order valence-electron chi connectivity index (χ1n) is 5.92. The number of nitrogens with zero attached hydrogens (tertiary/aromatic N) is 1. The number of halogens is 1. The van der Waals surface area contributed by atoms with Gasteiger partial charge in [0.15, 0.2) is 0 Å². The minimum Gasteiger partial charge on any atom is -0.351 e. The standard InChI is InChI=1S/C14H15ClN2O2/c1-10-8-12(19-17-10)13(18)16-14(2,9-15)11-6-4-3-5-7-11/h3-8H,9H2,1-2H3,(H,16,18). The molecule has 0 saturated heterocycles. The van der Waals surface area contributed by atoms with Crippen LogP contribution in [0.4, 0.5) is 0 Å². The van der Waals surface area contributed by atoms with E-state index in [1.807, 2.05) is 37.3 Å². The molecule has 0 aliphatic rings. The molecule has 1 unspecified atom stereocenters. The summed E-state index contributed by atoms with van der Waals surface area (Å²) in [5, 5.41) is 6.58. The van der Waals surface area contributed by atoms with Gasteiger partial charge in [-0.15, -0.1) is 11.6 Å². The molecule has 5 heteroatoms. The Kier molecular flexibility index (Phi) is 3.90. The molecule has 0 spiro atoms. The van der Waals surface area contributed by atoms with Crippen molar-refractivity contribution < 1.29 is 9.32 Å². The van der Waals surface area contributed by atoms with E-state index < -0.39 is 5.54 Å². The summed E-state index contributed by atoms with van der Waals surface area (Å²) >= 11 is 6.02. The van der Waals surface area contributed by atoms with E-state index in [4.69, 9.17) is 16.1 Å². The monoisotopic (exact) mass is 278 g/mol. The summed E-state index contributed by atoms with van der Waals surface area (Å²) in [4.78, 5) is 12.1. The summed E-state index contributed by atoms with van der Waals surface area (Å²) < 4.78 is 4.95. The molecule has 1 amide bonds. The quantitative estimate of drug-likeness (QED) is 0.875. The van der Waals surface area contributed by atoms with Crippen LogP contribution in [0, 0.1) is 6.92 Å².